The molecule has 0 saturated heterocycles. The van der Waals surface area contributed by atoms with E-state index in [-0.39, 0.29) is 11.2 Å². The van der Waals surface area contributed by atoms with Crippen molar-refractivity contribution in [3.8, 4) is 11.8 Å². The standard InChI is InChI=1S/C14H17F/c1-5-11-8-12(10-13(15)9-11)6-7-14(2,3)4/h8-10H,5H2,1-4H3. The van der Waals surface area contributed by atoms with Gasteiger partial charge in [0.25, 0.3) is 0 Å². The average Bonchev–Trinajstić information content (AvgIpc) is 2.13. The molecule has 0 fully saturated rings. The lowest BCUT2D eigenvalue weighted by atomic mass is 9.97. The van der Waals surface area contributed by atoms with Gasteiger partial charge in [0.1, 0.15) is 5.82 Å². The molecule has 0 atom stereocenters. The fourth-order valence-electron chi connectivity index (χ4n) is 1.19. The molecule has 0 unspecified atom stereocenters. The van der Waals surface area contributed by atoms with E-state index in [2.05, 4.69) is 11.8 Å². The number of benzene rings is 1. The molecule has 0 radical (unpaired) electrons. The Labute approximate surface area is 91.5 Å². The van der Waals surface area contributed by atoms with Gasteiger partial charge in [-0.05, 0) is 51.0 Å². The first-order chi connectivity index (χ1) is 6.90. The molecule has 0 spiro atoms. The van der Waals surface area contributed by atoms with Crippen LogP contribution in [0, 0.1) is 23.1 Å². The Hall–Kier alpha value is -1.29. The van der Waals surface area contributed by atoms with Crippen LogP contribution in [-0.2, 0) is 6.42 Å². The van der Waals surface area contributed by atoms with Gasteiger partial charge in [-0.2, -0.15) is 0 Å². The van der Waals surface area contributed by atoms with Gasteiger partial charge in [-0.1, -0.05) is 18.8 Å². The molecule has 15 heavy (non-hydrogen) atoms. The predicted molar refractivity (Wildman–Crippen MR) is 62.1 cm³/mol. The first-order valence-corrected chi connectivity index (χ1v) is 5.23. The van der Waals surface area contributed by atoms with Crippen LogP contribution in [0.4, 0.5) is 4.39 Å². The van der Waals surface area contributed by atoms with E-state index in [1.54, 1.807) is 6.07 Å². The zero-order valence-electron chi connectivity index (χ0n) is 9.82. The molecule has 0 saturated carbocycles. The van der Waals surface area contributed by atoms with Gasteiger partial charge in [-0.15, -0.1) is 0 Å². The molecule has 1 rings (SSSR count). The first-order valence-electron chi connectivity index (χ1n) is 5.23. The third-order valence-electron chi connectivity index (χ3n) is 1.95. The minimum absolute atomic E-state index is 0.0430. The quantitative estimate of drug-likeness (QED) is 0.611. The molecule has 1 heteroatoms. The summed E-state index contributed by atoms with van der Waals surface area (Å²) in [4.78, 5) is 0. The lowest BCUT2D eigenvalue weighted by Crippen LogP contribution is -1.99. The van der Waals surface area contributed by atoms with Crippen LogP contribution < -0.4 is 0 Å². The Balaban J connectivity index is 3.04. The average molecular weight is 204 g/mol. The third kappa shape index (κ3) is 4.16. The highest BCUT2D eigenvalue weighted by molar-refractivity contribution is 5.38. The van der Waals surface area contributed by atoms with Crippen LogP contribution in [0.2, 0.25) is 0 Å². The Morgan fingerprint density at radius 2 is 1.87 bits per heavy atom. The molecule has 0 nitrogen and oxygen atoms in total. The summed E-state index contributed by atoms with van der Waals surface area (Å²) in [6, 6.07) is 4.99. The second-order valence-electron chi connectivity index (χ2n) is 4.70. The number of hydrogen-bond acceptors (Lipinski definition) is 0. The largest absolute Gasteiger partial charge is 0.207 e. The van der Waals surface area contributed by atoms with E-state index in [4.69, 9.17) is 0 Å². The van der Waals surface area contributed by atoms with Gasteiger partial charge in [0.15, 0.2) is 0 Å². The van der Waals surface area contributed by atoms with Gasteiger partial charge in [-0.3, -0.25) is 0 Å². The fourth-order valence-corrected chi connectivity index (χ4v) is 1.19. The number of aryl methyl sites for hydroxylation is 1. The van der Waals surface area contributed by atoms with Crippen LogP contribution in [-0.4, -0.2) is 0 Å². The molecule has 0 aliphatic heterocycles. The first kappa shape index (κ1) is 11.8. The van der Waals surface area contributed by atoms with Gasteiger partial charge in [0, 0.05) is 11.0 Å². The van der Waals surface area contributed by atoms with E-state index in [1.165, 1.54) is 6.07 Å². The van der Waals surface area contributed by atoms with E-state index in [0.717, 1.165) is 17.5 Å². The molecule has 0 N–H and O–H groups in total. The number of rotatable bonds is 1. The molecule has 0 heterocycles. The molecule has 0 aliphatic rings. The van der Waals surface area contributed by atoms with Crippen molar-refractivity contribution in [3.63, 3.8) is 0 Å². The van der Waals surface area contributed by atoms with Crippen molar-refractivity contribution in [1.82, 2.24) is 0 Å². The molecule has 1 aromatic carbocycles. The SMILES string of the molecule is CCc1cc(F)cc(C#CC(C)(C)C)c1. The zero-order valence-corrected chi connectivity index (χ0v) is 9.82. The number of hydrogen-bond donors (Lipinski definition) is 0. The van der Waals surface area contributed by atoms with Crippen molar-refractivity contribution < 1.29 is 4.39 Å². The Morgan fingerprint density at radius 3 is 2.40 bits per heavy atom. The van der Waals surface area contributed by atoms with Gasteiger partial charge >= 0.3 is 0 Å². The molecule has 80 valence electrons. The minimum Gasteiger partial charge on any atom is -0.207 e. The topological polar surface area (TPSA) is 0 Å². The van der Waals surface area contributed by atoms with Gasteiger partial charge in [-0.25, -0.2) is 4.39 Å². The van der Waals surface area contributed by atoms with E-state index < -0.39 is 0 Å². The molecule has 1 aromatic rings. The van der Waals surface area contributed by atoms with Crippen LogP contribution in [0.1, 0.15) is 38.8 Å². The molecule has 0 aliphatic carbocycles. The normalized spacial score (nSPS) is 10.7. The highest BCUT2D eigenvalue weighted by Crippen LogP contribution is 2.13. The Kier molecular flexibility index (Phi) is 3.52. The summed E-state index contributed by atoms with van der Waals surface area (Å²) in [5.41, 5.74) is 1.72. The molecular formula is C14H17F. The van der Waals surface area contributed by atoms with Crippen molar-refractivity contribution in [1.29, 1.82) is 0 Å². The summed E-state index contributed by atoms with van der Waals surface area (Å²) < 4.78 is 13.2. The van der Waals surface area contributed by atoms with Crippen LogP contribution in [0.15, 0.2) is 18.2 Å². The maximum Gasteiger partial charge on any atom is 0.124 e. The molecule has 0 aromatic heterocycles. The predicted octanol–water partition coefficient (Wildman–Crippen LogP) is 3.79. The zero-order chi connectivity index (χ0) is 11.5. The van der Waals surface area contributed by atoms with Crippen LogP contribution >= 0.6 is 0 Å². The summed E-state index contributed by atoms with van der Waals surface area (Å²) in [5, 5.41) is 0. The summed E-state index contributed by atoms with van der Waals surface area (Å²) >= 11 is 0. The van der Waals surface area contributed by atoms with Gasteiger partial charge in [0.2, 0.25) is 0 Å². The maximum atomic E-state index is 13.2. The van der Waals surface area contributed by atoms with E-state index >= 15 is 0 Å². The van der Waals surface area contributed by atoms with Crippen molar-refractivity contribution in [2.24, 2.45) is 5.41 Å². The smallest absolute Gasteiger partial charge is 0.124 e. The highest BCUT2D eigenvalue weighted by atomic mass is 19.1. The lowest BCUT2D eigenvalue weighted by Gasteiger charge is -2.07. The Morgan fingerprint density at radius 1 is 1.20 bits per heavy atom. The Bertz CT molecular complexity index is 400. The highest BCUT2D eigenvalue weighted by Gasteiger charge is 2.04. The third-order valence-corrected chi connectivity index (χ3v) is 1.95. The summed E-state index contributed by atoms with van der Waals surface area (Å²) in [5.74, 6) is 5.91. The summed E-state index contributed by atoms with van der Waals surface area (Å²) in [6.45, 7) is 8.13. The van der Waals surface area contributed by atoms with Crippen LogP contribution in [0.5, 0.6) is 0 Å². The van der Waals surface area contributed by atoms with Gasteiger partial charge < -0.3 is 0 Å². The summed E-state index contributed by atoms with van der Waals surface area (Å²) in [7, 11) is 0. The maximum absolute atomic E-state index is 13.2. The molecular weight excluding hydrogens is 187 g/mol. The van der Waals surface area contributed by atoms with Crippen molar-refractivity contribution in [2.75, 3.05) is 0 Å². The van der Waals surface area contributed by atoms with E-state index in [0.29, 0.717) is 0 Å². The minimum atomic E-state index is -0.201. The van der Waals surface area contributed by atoms with E-state index in [9.17, 15) is 4.39 Å². The number of halogens is 1. The lowest BCUT2D eigenvalue weighted by molar-refractivity contribution is 0.571. The van der Waals surface area contributed by atoms with Crippen LogP contribution in [0.3, 0.4) is 0 Å². The van der Waals surface area contributed by atoms with Crippen LogP contribution in [0.25, 0.3) is 0 Å². The van der Waals surface area contributed by atoms with Crippen molar-refractivity contribution in [3.05, 3.63) is 35.1 Å². The molecule has 0 amide bonds. The monoisotopic (exact) mass is 204 g/mol. The summed E-state index contributed by atoms with van der Waals surface area (Å²) in [6.07, 6.45) is 0.835. The fraction of sp³-hybridized carbons (Fsp3) is 0.429. The van der Waals surface area contributed by atoms with Gasteiger partial charge in [0.05, 0.1) is 0 Å². The van der Waals surface area contributed by atoms with Crippen molar-refractivity contribution in [2.45, 2.75) is 34.1 Å². The second kappa shape index (κ2) is 4.49. The second-order valence-corrected chi connectivity index (χ2v) is 4.70. The molecule has 0 bridgehead atoms. The van der Waals surface area contributed by atoms with Crippen molar-refractivity contribution >= 4 is 0 Å². The van der Waals surface area contributed by atoms with E-state index in [1.807, 2.05) is 33.8 Å².